The van der Waals surface area contributed by atoms with E-state index in [0.29, 0.717) is 0 Å². The molecule has 0 saturated carbocycles. The monoisotopic (exact) mass is 176 g/mol. The van der Waals surface area contributed by atoms with E-state index in [1.54, 1.807) is 0 Å². The van der Waals surface area contributed by atoms with E-state index >= 15 is 0 Å². The zero-order valence-electron chi connectivity index (χ0n) is 7.27. The molecule has 3 atom stereocenters. The molecule has 2 N–H and O–H groups in total. The molecule has 0 aromatic heterocycles. The normalized spacial score (nSPS) is 36.8. The van der Waals surface area contributed by atoms with Gasteiger partial charge < -0.3 is 19.7 Å². The SMILES string of the molecule is CCCC1OCC(O)C(CO)O1. The van der Waals surface area contributed by atoms with E-state index in [2.05, 4.69) is 0 Å². The van der Waals surface area contributed by atoms with Crippen LogP contribution in [-0.4, -0.2) is 41.9 Å². The van der Waals surface area contributed by atoms with Gasteiger partial charge in [-0.1, -0.05) is 13.3 Å². The summed E-state index contributed by atoms with van der Waals surface area (Å²) in [5, 5.41) is 18.1. The molecule has 1 heterocycles. The lowest BCUT2D eigenvalue weighted by Crippen LogP contribution is -2.45. The van der Waals surface area contributed by atoms with E-state index in [0.717, 1.165) is 12.8 Å². The van der Waals surface area contributed by atoms with Gasteiger partial charge in [-0.05, 0) is 6.42 Å². The topological polar surface area (TPSA) is 58.9 Å². The molecule has 0 bridgehead atoms. The second kappa shape index (κ2) is 4.77. The predicted octanol–water partition coefficient (Wildman–Crippen LogP) is -0.119. The molecule has 0 aromatic rings. The van der Waals surface area contributed by atoms with Gasteiger partial charge in [0.1, 0.15) is 12.2 Å². The molecule has 1 aliphatic heterocycles. The molecule has 0 amide bonds. The third-order valence-corrected chi connectivity index (χ3v) is 1.91. The number of aliphatic hydroxyl groups is 2. The fraction of sp³-hybridized carbons (Fsp3) is 1.00. The van der Waals surface area contributed by atoms with Crippen molar-refractivity contribution in [2.24, 2.45) is 0 Å². The van der Waals surface area contributed by atoms with Gasteiger partial charge in [0.2, 0.25) is 0 Å². The second-order valence-corrected chi connectivity index (χ2v) is 2.98. The molecule has 72 valence electrons. The fourth-order valence-corrected chi connectivity index (χ4v) is 1.19. The van der Waals surface area contributed by atoms with Crippen LogP contribution in [0.1, 0.15) is 19.8 Å². The van der Waals surface area contributed by atoms with Crippen LogP contribution in [0.25, 0.3) is 0 Å². The molecule has 1 fully saturated rings. The Balaban J connectivity index is 2.33. The summed E-state index contributed by atoms with van der Waals surface area (Å²) < 4.78 is 10.4. The van der Waals surface area contributed by atoms with E-state index in [1.165, 1.54) is 0 Å². The van der Waals surface area contributed by atoms with Crippen molar-refractivity contribution in [3.63, 3.8) is 0 Å². The highest BCUT2D eigenvalue weighted by Gasteiger charge is 2.29. The van der Waals surface area contributed by atoms with E-state index in [4.69, 9.17) is 14.6 Å². The van der Waals surface area contributed by atoms with Gasteiger partial charge in [-0.15, -0.1) is 0 Å². The van der Waals surface area contributed by atoms with Gasteiger partial charge in [-0.3, -0.25) is 0 Å². The number of ether oxygens (including phenoxy) is 2. The van der Waals surface area contributed by atoms with Crippen molar-refractivity contribution in [2.75, 3.05) is 13.2 Å². The Kier molecular flexibility index (Phi) is 3.94. The zero-order valence-corrected chi connectivity index (χ0v) is 7.27. The first kappa shape index (κ1) is 9.92. The standard InChI is InChI=1S/C8H16O4/c1-2-3-8-11-5-6(10)7(4-9)12-8/h6-10H,2-5H2,1H3. The average Bonchev–Trinajstić information content (AvgIpc) is 2.09. The van der Waals surface area contributed by atoms with Crippen LogP contribution >= 0.6 is 0 Å². The summed E-state index contributed by atoms with van der Waals surface area (Å²) in [6.45, 7) is 2.15. The number of rotatable bonds is 3. The maximum Gasteiger partial charge on any atom is 0.158 e. The van der Waals surface area contributed by atoms with E-state index in [9.17, 15) is 5.11 Å². The first-order valence-corrected chi connectivity index (χ1v) is 4.34. The number of hydrogen-bond acceptors (Lipinski definition) is 4. The van der Waals surface area contributed by atoms with Crippen molar-refractivity contribution in [2.45, 2.75) is 38.3 Å². The van der Waals surface area contributed by atoms with Crippen LogP contribution in [0.15, 0.2) is 0 Å². The highest BCUT2D eigenvalue weighted by Crippen LogP contribution is 2.16. The number of aliphatic hydroxyl groups excluding tert-OH is 2. The Morgan fingerprint density at radius 3 is 2.83 bits per heavy atom. The van der Waals surface area contributed by atoms with Crippen LogP contribution in [0.2, 0.25) is 0 Å². The Morgan fingerprint density at radius 2 is 2.25 bits per heavy atom. The Labute approximate surface area is 72.1 Å². The molecule has 12 heavy (non-hydrogen) atoms. The predicted molar refractivity (Wildman–Crippen MR) is 42.6 cm³/mol. The van der Waals surface area contributed by atoms with E-state index in [1.807, 2.05) is 6.92 Å². The molecule has 3 unspecified atom stereocenters. The third kappa shape index (κ3) is 2.42. The summed E-state index contributed by atoms with van der Waals surface area (Å²) in [6.07, 6.45) is 0.358. The molecule has 1 rings (SSSR count). The van der Waals surface area contributed by atoms with Gasteiger partial charge >= 0.3 is 0 Å². The average molecular weight is 176 g/mol. The van der Waals surface area contributed by atoms with Crippen LogP contribution in [0.4, 0.5) is 0 Å². The first-order valence-electron chi connectivity index (χ1n) is 4.34. The van der Waals surface area contributed by atoms with Gasteiger partial charge in [-0.25, -0.2) is 0 Å². The van der Waals surface area contributed by atoms with E-state index in [-0.39, 0.29) is 19.5 Å². The van der Waals surface area contributed by atoms with Gasteiger partial charge in [0.25, 0.3) is 0 Å². The van der Waals surface area contributed by atoms with Crippen LogP contribution in [0, 0.1) is 0 Å². The molecular weight excluding hydrogens is 160 g/mol. The molecule has 4 heteroatoms. The Bertz CT molecular complexity index is 128. The maximum atomic E-state index is 9.24. The van der Waals surface area contributed by atoms with Gasteiger partial charge in [-0.2, -0.15) is 0 Å². The molecule has 0 spiro atoms. The first-order chi connectivity index (χ1) is 5.77. The van der Waals surface area contributed by atoms with Crippen LogP contribution < -0.4 is 0 Å². The summed E-state index contributed by atoms with van der Waals surface area (Å²) >= 11 is 0. The van der Waals surface area contributed by atoms with Gasteiger partial charge in [0.15, 0.2) is 6.29 Å². The van der Waals surface area contributed by atoms with Crippen molar-refractivity contribution in [3.8, 4) is 0 Å². The maximum absolute atomic E-state index is 9.24. The zero-order chi connectivity index (χ0) is 8.97. The summed E-state index contributed by atoms with van der Waals surface area (Å²) in [7, 11) is 0. The lowest BCUT2D eigenvalue weighted by Gasteiger charge is -2.32. The Morgan fingerprint density at radius 1 is 1.50 bits per heavy atom. The van der Waals surface area contributed by atoms with Crippen LogP contribution in [0.3, 0.4) is 0 Å². The molecule has 1 saturated heterocycles. The van der Waals surface area contributed by atoms with Gasteiger partial charge in [0, 0.05) is 0 Å². The molecule has 0 aliphatic carbocycles. The summed E-state index contributed by atoms with van der Waals surface area (Å²) in [5.74, 6) is 0. The van der Waals surface area contributed by atoms with Crippen molar-refractivity contribution < 1.29 is 19.7 Å². The molecular formula is C8H16O4. The van der Waals surface area contributed by atoms with E-state index < -0.39 is 12.2 Å². The molecule has 1 aliphatic rings. The third-order valence-electron chi connectivity index (χ3n) is 1.91. The van der Waals surface area contributed by atoms with Crippen molar-refractivity contribution >= 4 is 0 Å². The molecule has 0 aromatic carbocycles. The Hall–Kier alpha value is -0.160. The smallest absolute Gasteiger partial charge is 0.158 e. The summed E-state index contributed by atoms with van der Waals surface area (Å²) in [4.78, 5) is 0. The van der Waals surface area contributed by atoms with Gasteiger partial charge in [0.05, 0.1) is 13.2 Å². The summed E-state index contributed by atoms with van der Waals surface area (Å²) in [5.41, 5.74) is 0. The fourth-order valence-electron chi connectivity index (χ4n) is 1.19. The largest absolute Gasteiger partial charge is 0.394 e. The lowest BCUT2D eigenvalue weighted by molar-refractivity contribution is -0.260. The lowest BCUT2D eigenvalue weighted by atomic mass is 10.2. The van der Waals surface area contributed by atoms with Crippen molar-refractivity contribution in [1.29, 1.82) is 0 Å². The minimum Gasteiger partial charge on any atom is -0.394 e. The highest BCUT2D eigenvalue weighted by molar-refractivity contribution is 4.72. The summed E-state index contributed by atoms with van der Waals surface area (Å²) in [6, 6.07) is 0. The van der Waals surface area contributed by atoms with Crippen LogP contribution in [0.5, 0.6) is 0 Å². The highest BCUT2D eigenvalue weighted by atomic mass is 16.7. The molecule has 4 nitrogen and oxygen atoms in total. The van der Waals surface area contributed by atoms with Crippen LogP contribution in [-0.2, 0) is 9.47 Å². The van der Waals surface area contributed by atoms with Crippen molar-refractivity contribution in [1.82, 2.24) is 0 Å². The number of hydrogen-bond donors (Lipinski definition) is 2. The minimum atomic E-state index is -0.692. The quantitative estimate of drug-likeness (QED) is 0.629. The second-order valence-electron chi connectivity index (χ2n) is 2.98. The minimum absolute atomic E-state index is 0.148. The molecule has 0 radical (unpaired) electrons. The van der Waals surface area contributed by atoms with Crippen molar-refractivity contribution in [3.05, 3.63) is 0 Å².